The number of carbonyl (C=O) groups is 1. The lowest BCUT2D eigenvalue weighted by Gasteiger charge is -2.42. The van der Waals surface area contributed by atoms with Crippen LogP contribution < -0.4 is 9.47 Å². The number of ether oxygens (including phenoxy) is 2. The Labute approximate surface area is 213 Å². The fraction of sp³-hybridized carbons (Fsp3) is 0.452. The fourth-order valence-electron chi connectivity index (χ4n) is 5.93. The zero-order valence-electron chi connectivity index (χ0n) is 21.1. The monoisotopic (exact) mass is 494 g/mol. The van der Waals surface area contributed by atoms with Gasteiger partial charge in [-0.1, -0.05) is 30.7 Å². The van der Waals surface area contributed by atoms with E-state index >= 15 is 4.39 Å². The molecule has 2 fully saturated rings. The lowest BCUT2D eigenvalue weighted by atomic mass is 9.63. The molecule has 0 spiro atoms. The molecule has 0 heterocycles. The maximum Gasteiger partial charge on any atom is 0.343 e. The Hall–Kier alpha value is -2.95. The fourth-order valence-corrected chi connectivity index (χ4v) is 5.93. The molecule has 2 aromatic carbocycles. The van der Waals surface area contributed by atoms with Crippen LogP contribution in [0.25, 0.3) is 0 Å². The predicted octanol–water partition coefficient (Wildman–Crippen LogP) is 8.41. The number of hydrogen-bond acceptors (Lipinski definition) is 3. The van der Waals surface area contributed by atoms with E-state index in [1.807, 2.05) is 13.0 Å². The first-order chi connectivity index (χ1) is 17.5. The molecule has 0 N–H and O–H groups in total. The second kappa shape index (κ2) is 12.3. The highest BCUT2D eigenvalue weighted by Crippen LogP contribution is 2.48. The Balaban J connectivity index is 1.35. The molecule has 3 nitrogen and oxygen atoms in total. The van der Waals surface area contributed by atoms with Gasteiger partial charge in [0, 0.05) is 6.07 Å². The van der Waals surface area contributed by atoms with Gasteiger partial charge in [0.25, 0.3) is 0 Å². The van der Waals surface area contributed by atoms with E-state index in [-0.39, 0.29) is 35.4 Å². The molecule has 0 aromatic heterocycles. The molecule has 2 aromatic rings. The molecule has 0 aliphatic heterocycles. The molecule has 5 heteroatoms. The van der Waals surface area contributed by atoms with Crippen LogP contribution in [0.3, 0.4) is 0 Å². The Morgan fingerprint density at radius 3 is 2.58 bits per heavy atom. The van der Waals surface area contributed by atoms with E-state index in [0.29, 0.717) is 11.5 Å². The zero-order valence-corrected chi connectivity index (χ0v) is 21.1. The van der Waals surface area contributed by atoms with Crippen LogP contribution in [-0.2, 0) is 0 Å². The molecule has 0 bridgehead atoms. The van der Waals surface area contributed by atoms with Crippen molar-refractivity contribution in [1.29, 1.82) is 0 Å². The first kappa shape index (κ1) is 26.1. The Morgan fingerprint density at radius 1 is 1.03 bits per heavy atom. The van der Waals surface area contributed by atoms with Gasteiger partial charge in [-0.05, 0) is 105 Å². The summed E-state index contributed by atoms with van der Waals surface area (Å²) < 4.78 is 40.0. The van der Waals surface area contributed by atoms with Crippen molar-refractivity contribution in [3.05, 3.63) is 84.0 Å². The van der Waals surface area contributed by atoms with Crippen molar-refractivity contribution in [1.82, 2.24) is 0 Å². The number of allylic oxidation sites excluding steroid dienone is 2. The van der Waals surface area contributed by atoms with Crippen molar-refractivity contribution in [2.45, 2.75) is 64.2 Å². The first-order valence-corrected chi connectivity index (χ1v) is 13.1. The zero-order chi connectivity index (χ0) is 25.5. The standard InChI is InChI=1S/C31H36F2O3/c1-3-5-7-21-8-9-23-18-24(11-10-22(23)17-21)27-14-12-25(19-28(27)32)31(34)36-26-13-15-30(29(33)20-26)35-16-6-4-2/h3-4,6,12-15,19-24H,1,5,7-11,16-18H2,2H3/b6-4+. The summed E-state index contributed by atoms with van der Waals surface area (Å²) in [5.74, 6) is 0.802. The molecule has 2 aliphatic carbocycles. The summed E-state index contributed by atoms with van der Waals surface area (Å²) in [5, 5.41) is 0. The molecule has 4 rings (SSSR count). The van der Waals surface area contributed by atoms with Gasteiger partial charge in [-0.25, -0.2) is 13.6 Å². The van der Waals surface area contributed by atoms with Crippen LogP contribution in [0, 0.1) is 29.4 Å². The third-order valence-corrected chi connectivity index (χ3v) is 7.86. The minimum absolute atomic E-state index is 0.0439. The summed E-state index contributed by atoms with van der Waals surface area (Å²) in [7, 11) is 0. The molecular weight excluding hydrogens is 458 g/mol. The summed E-state index contributed by atoms with van der Waals surface area (Å²) in [6, 6.07) is 8.56. The Morgan fingerprint density at radius 2 is 1.83 bits per heavy atom. The maximum absolute atomic E-state index is 15.1. The highest BCUT2D eigenvalue weighted by Gasteiger charge is 2.36. The maximum atomic E-state index is 15.1. The minimum Gasteiger partial charge on any atom is -0.486 e. The summed E-state index contributed by atoms with van der Waals surface area (Å²) in [4.78, 5) is 12.6. The third-order valence-electron chi connectivity index (χ3n) is 7.86. The lowest BCUT2D eigenvalue weighted by Crippen LogP contribution is -2.30. The molecule has 36 heavy (non-hydrogen) atoms. The van der Waals surface area contributed by atoms with Crippen LogP contribution in [0.1, 0.15) is 80.1 Å². The largest absolute Gasteiger partial charge is 0.486 e. The topological polar surface area (TPSA) is 35.5 Å². The van der Waals surface area contributed by atoms with Gasteiger partial charge in [0.1, 0.15) is 18.2 Å². The predicted molar refractivity (Wildman–Crippen MR) is 138 cm³/mol. The molecule has 192 valence electrons. The van der Waals surface area contributed by atoms with Gasteiger partial charge in [-0.15, -0.1) is 6.58 Å². The van der Waals surface area contributed by atoms with Gasteiger partial charge in [0.05, 0.1) is 5.56 Å². The summed E-state index contributed by atoms with van der Waals surface area (Å²) in [6.45, 7) is 5.94. The number of hydrogen-bond donors (Lipinski definition) is 0. The number of benzene rings is 2. The minimum atomic E-state index is -0.719. The van der Waals surface area contributed by atoms with Crippen molar-refractivity contribution in [3.63, 3.8) is 0 Å². The second-order valence-electron chi connectivity index (χ2n) is 10.2. The normalized spacial score (nSPS) is 23.8. The van der Waals surface area contributed by atoms with Gasteiger partial charge in [-0.3, -0.25) is 0 Å². The molecule has 0 radical (unpaired) electrons. The molecule has 2 aliphatic rings. The van der Waals surface area contributed by atoms with Gasteiger partial charge in [-0.2, -0.15) is 0 Å². The number of halogens is 2. The van der Waals surface area contributed by atoms with Crippen molar-refractivity contribution in [2.24, 2.45) is 17.8 Å². The van der Waals surface area contributed by atoms with Crippen molar-refractivity contribution in [2.75, 3.05) is 6.61 Å². The molecule has 2 saturated carbocycles. The van der Waals surface area contributed by atoms with E-state index < -0.39 is 11.8 Å². The molecule has 0 saturated heterocycles. The SMILES string of the molecule is C=CCCC1CCC2CC(c3ccc(C(=O)Oc4ccc(OC/C=C/C)c(F)c4)cc3F)CCC2C1. The van der Waals surface area contributed by atoms with E-state index in [4.69, 9.17) is 9.47 Å². The number of esters is 1. The van der Waals surface area contributed by atoms with Gasteiger partial charge in [0.2, 0.25) is 0 Å². The van der Waals surface area contributed by atoms with Crippen LogP contribution in [0.2, 0.25) is 0 Å². The smallest absolute Gasteiger partial charge is 0.343 e. The molecule has 4 atom stereocenters. The quantitative estimate of drug-likeness (QED) is 0.199. The van der Waals surface area contributed by atoms with Crippen LogP contribution >= 0.6 is 0 Å². The third kappa shape index (κ3) is 6.43. The van der Waals surface area contributed by atoms with E-state index in [9.17, 15) is 9.18 Å². The number of rotatable bonds is 9. The summed E-state index contributed by atoms with van der Waals surface area (Å²) in [5.41, 5.74) is 0.800. The van der Waals surface area contributed by atoms with Crippen molar-refractivity contribution >= 4 is 5.97 Å². The van der Waals surface area contributed by atoms with E-state index in [1.54, 1.807) is 24.3 Å². The average Bonchev–Trinajstić information content (AvgIpc) is 2.88. The van der Waals surface area contributed by atoms with E-state index in [1.165, 1.54) is 43.9 Å². The van der Waals surface area contributed by atoms with Crippen LogP contribution in [0.4, 0.5) is 8.78 Å². The average molecular weight is 495 g/mol. The van der Waals surface area contributed by atoms with Crippen molar-refractivity contribution in [3.8, 4) is 11.5 Å². The van der Waals surface area contributed by atoms with E-state index in [2.05, 4.69) is 6.58 Å². The van der Waals surface area contributed by atoms with Gasteiger partial charge >= 0.3 is 5.97 Å². The molecule has 0 amide bonds. The van der Waals surface area contributed by atoms with Crippen LogP contribution in [0.5, 0.6) is 11.5 Å². The molecule has 4 unspecified atom stereocenters. The summed E-state index contributed by atoms with van der Waals surface area (Å²) in [6.07, 6.45) is 14.8. The second-order valence-corrected chi connectivity index (χ2v) is 10.2. The molecular formula is C31H36F2O3. The van der Waals surface area contributed by atoms with Gasteiger partial charge in [0.15, 0.2) is 11.6 Å². The highest BCUT2D eigenvalue weighted by atomic mass is 19.1. The Bertz CT molecular complexity index is 1090. The Kier molecular flexibility index (Phi) is 8.95. The highest BCUT2D eigenvalue weighted by molar-refractivity contribution is 5.91. The van der Waals surface area contributed by atoms with Crippen LogP contribution in [0.15, 0.2) is 61.2 Å². The summed E-state index contributed by atoms with van der Waals surface area (Å²) >= 11 is 0. The van der Waals surface area contributed by atoms with Crippen LogP contribution in [-0.4, -0.2) is 12.6 Å². The number of carbonyl (C=O) groups excluding carboxylic acids is 1. The number of fused-ring (bicyclic) bond motifs is 1. The first-order valence-electron chi connectivity index (χ1n) is 13.1. The lowest BCUT2D eigenvalue weighted by molar-refractivity contribution is 0.0733. The van der Waals surface area contributed by atoms with Gasteiger partial charge < -0.3 is 9.47 Å². The van der Waals surface area contributed by atoms with E-state index in [0.717, 1.165) is 43.6 Å². The van der Waals surface area contributed by atoms with Crippen molar-refractivity contribution < 1.29 is 23.0 Å².